The second-order valence-electron chi connectivity index (χ2n) is 7.03. The normalized spacial score (nSPS) is 16.5. The minimum Gasteiger partial charge on any atom is -0.308 e. The summed E-state index contributed by atoms with van der Waals surface area (Å²) in [6.45, 7) is 7.91. The lowest BCUT2D eigenvalue weighted by Gasteiger charge is -2.34. The van der Waals surface area contributed by atoms with Gasteiger partial charge in [0.25, 0.3) is 0 Å². The SMILES string of the molecule is CN(Cc1cc(CNC(C)(C)C)ccc1F)C1CCC1. The number of rotatable bonds is 5. The van der Waals surface area contributed by atoms with E-state index in [4.69, 9.17) is 0 Å². The monoisotopic (exact) mass is 278 g/mol. The summed E-state index contributed by atoms with van der Waals surface area (Å²) in [4.78, 5) is 2.28. The van der Waals surface area contributed by atoms with Crippen molar-refractivity contribution in [3.8, 4) is 0 Å². The van der Waals surface area contributed by atoms with Crippen LogP contribution in [0, 0.1) is 5.82 Å². The zero-order chi connectivity index (χ0) is 14.8. The van der Waals surface area contributed by atoms with Crippen molar-refractivity contribution in [1.29, 1.82) is 0 Å². The largest absolute Gasteiger partial charge is 0.308 e. The van der Waals surface area contributed by atoms with E-state index in [1.807, 2.05) is 12.1 Å². The van der Waals surface area contributed by atoms with E-state index in [1.165, 1.54) is 19.3 Å². The van der Waals surface area contributed by atoms with Crippen LogP contribution in [0.1, 0.15) is 51.2 Å². The van der Waals surface area contributed by atoms with Crippen molar-refractivity contribution >= 4 is 0 Å². The van der Waals surface area contributed by atoms with Crippen molar-refractivity contribution in [2.45, 2.75) is 64.7 Å². The van der Waals surface area contributed by atoms with Crippen LogP contribution in [0.15, 0.2) is 18.2 Å². The van der Waals surface area contributed by atoms with Crippen LogP contribution in [0.3, 0.4) is 0 Å². The minimum absolute atomic E-state index is 0.0806. The molecule has 20 heavy (non-hydrogen) atoms. The Morgan fingerprint density at radius 2 is 2.00 bits per heavy atom. The van der Waals surface area contributed by atoms with Gasteiger partial charge in [-0.05, 0) is 52.3 Å². The van der Waals surface area contributed by atoms with E-state index in [2.05, 4.69) is 38.0 Å². The highest BCUT2D eigenvalue weighted by Gasteiger charge is 2.22. The maximum atomic E-state index is 13.9. The van der Waals surface area contributed by atoms with E-state index >= 15 is 0 Å². The van der Waals surface area contributed by atoms with Crippen molar-refractivity contribution in [1.82, 2.24) is 10.2 Å². The summed E-state index contributed by atoms with van der Waals surface area (Å²) in [6, 6.07) is 6.12. The highest BCUT2D eigenvalue weighted by molar-refractivity contribution is 5.25. The van der Waals surface area contributed by atoms with Gasteiger partial charge in [-0.1, -0.05) is 18.6 Å². The van der Waals surface area contributed by atoms with Gasteiger partial charge < -0.3 is 5.32 Å². The first kappa shape index (κ1) is 15.5. The van der Waals surface area contributed by atoms with Crippen LogP contribution in [0.25, 0.3) is 0 Å². The average molecular weight is 278 g/mol. The van der Waals surface area contributed by atoms with Crippen molar-refractivity contribution in [3.63, 3.8) is 0 Å². The maximum absolute atomic E-state index is 13.9. The molecule has 1 N–H and O–H groups in total. The second-order valence-corrected chi connectivity index (χ2v) is 7.03. The molecular formula is C17H27FN2. The van der Waals surface area contributed by atoms with E-state index in [0.717, 1.165) is 17.7 Å². The first-order valence-corrected chi connectivity index (χ1v) is 7.58. The second kappa shape index (κ2) is 6.23. The molecule has 0 amide bonds. The Hall–Kier alpha value is -0.930. The van der Waals surface area contributed by atoms with E-state index < -0.39 is 0 Å². The summed E-state index contributed by atoms with van der Waals surface area (Å²) in [5, 5.41) is 3.45. The lowest BCUT2D eigenvalue weighted by atomic mass is 9.91. The van der Waals surface area contributed by atoms with Gasteiger partial charge in [0.15, 0.2) is 0 Å². The van der Waals surface area contributed by atoms with Crippen molar-refractivity contribution in [2.75, 3.05) is 7.05 Å². The molecule has 2 nitrogen and oxygen atoms in total. The lowest BCUT2D eigenvalue weighted by molar-refractivity contribution is 0.151. The highest BCUT2D eigenvalue weighted by Crippen LogP contribution is 2.25. The van der Waals surface area contributed by atoms with Crippen molar-refractivity contribution in [2.24, 2.45) is 0 Å². The molecule has 0 saturated heterocycles. The number of hydrogen-bond acceptors (Lipinski definition) is 2. The number of nitrogens with one attached hydrogen (secondary N) is 1. The van der Waals surface area contributed by atoms with Gasteiger partial charge in [0.2, 0.25) is 0 Å². The van der Waals surface area contributed by atoms with Gasteiger partial charge in [-0.25, -0.2) is 4.39 Å². The Bertz CT molecular complexity index is 447. The van der Waals surface area contributed by atoms with Crippen LogP contribution in [-0.4, -0.2) is 23.5 Å². The number of hydrogen-bond donors (Lipinski definition) is 1. The van der Waals surface area contributed by atoms with Crippen molar-refractivity contribution in [3.05, 3.63) is 35.1 Å². The Balaban J connectivity index is 2.00. The van der Waals surface area contributed by atoms with Crippen LogP contribution in [0.5, 0.6) is 0 Å². The number of halogens is 1. The highest BCUT2D eigenvalue weighted by atomic mass is 19.1. The van der Waals surface area contributed by atoms with Crippen molar-refractivity contribution < 1.29 is 4.39 Å². The number of benzene rings is 1. The van der Waals surface area contributed by atoms with Gasteiger partial charge in [0.1, 0.15) is 5.82 Å². The van der Waals surface area contributed by atoms with Crippen LogP contribution in [-0.2, 0) is 13.1 Å². The molecule has 0 bridgehead atoms. The van der Waals surface area contributed by atoms with E-state index in [0.29, 0.717) is 12.6 Å². The molecule has 1 aliphatic carbocycles. The molecule has 1 saturated carbocycles. The van der Waals surface area contributed by atoms with Crippen LogP contribution < -0.4 is 5.32 Å². The first-order valence-electron chi connectivity index (χ1n) is 7.58. The molecule has 1 aliphatic rings. The summed E-state index contributed by atoms with van der Waals surface area (Å²) in [7, 11) is 2.10. The zero-order valence-electron chi connectivity index (χ0n) is 13.2. The molecule has 0 unspecified atom stereocenters. The van der Waals surface area contributed by atoms with E-state index in [9.17, 15) is 4.39 Å². The fourth-order valence-corrected chi connectivity index (χ4v) is 2.45. The van der Waals surface area contributed by atoms with E-state index in [1.54, 1.807) is 6.07 Å². The standard InChI is InChI=1S/C17H27FN2/c1-17(2,3)19-11-13-8-9-16(18)14(10-13)12-20(4)15-6-5-7-15/h8-10,15,19H,5-7,11-12H2,1-4H3. The fraction of sp³-hybridized carbons (Fsp3) is 0.647. The fourth-order valence-electron chi connectivity index (χ4n) is 2.45. The molecule has 0 aromatic heterocycles. The van der Waals surface area contributed by atoms with Crippen LogP contribution >= 0.6 is 0 Å². The van der Waals surface area contributed by atoms with E-state index in [-0.39, 0.29) is 11.4 Å². The lowest BCUT2D eigenvalue weighted by Crippen LogP contribution is -2.37. The molecule has 112 valence electrons. The van der Waals surface area contributed by atoms with Gasteiger partial charge >= 0.3 is 0 Å². The third-order valence-electron chi connectivity index (χ3n) is 4.05. The van der Waals surface area contributed by atoms with Gasteiger partial charge in [0, 0.05) is 30.2 Å². The molecule has 0 atom stereocenters. The quantitative estimate of drug-likeness (QED) is 0.883. The third kappa shape index (κ3) is 4.29. The molecule has 0 aliphatic heterocycles. The predicted molar refractivity (Wildman–Crippen MR) is 82.1 cm³/mol. The average Bonchev–Trinajstić information content (AvgIpc) is 2.26. The zero-order valence-corrected chi connectivity index (χ0v) is 13.2. The smallest absolute Gasteiger partial charge is 0.127 e. The Morgan fingerprint density at radius 1 is 1.30 bits per heavy atom. The summed E-state index contributed by atoms with van der Waals surface area (Å²) in [5.74, 6) is -0.0873. The molecule has 0 heterocycles. The Labute approximate surface area is 122 Å². The maximum Gasteiger partial charge on any atom is 0.127 e. The molecule has 1 aromatic rings. The number of nitrogens with zero attached hydrogens (tertiary/aromatic N) is 1. The molecule has 0 radical (unpaired) electrons. The van der Waals surface area contributed by atoms with Crippen LogP contribution in [0.2, 0.25) is 0 Å². The Morgan fingerprint density at radius 3 is 2.55 bits per heavy atom. The molecule has 3 heteroatoms. The molecule has 1 fully saturated rings. The molecule has 0 spiro atoms. The summed E-state index contributed by atoms with van der Waals surface area (Å²) in [6.07, 6.45) is 3.82. The first-order chi connectivity index (χ1) is 9.35. The minimum atomic E-state index is -0.0873. The third-order valence-corrected chi connectivity index (χ3v) is 4.05. The van der Waals surface area contributed by atoms with Gasteiger partial charge in [-0.15, -0.1) is 0 Å². The molecular weight excluding hydrogens is 251 g/mol. The topological polar surface area (TPSA) is 15.3 Å². The van der Waals surface area contributed by atoms with Crippen LogP contribution in [0.4, 0.5) is 4.39 Å². The molecule has 1 aromatic carbocycles. The summed E-state index contributed by atoms with van der Waals surface area (Å²) < 4.78 is 13.9. The summed E-state index contributed by atoms with van der Waals surface area (Å²) in [5.41, 5.74) is 2.04. The van der Waals surface area contributed by atoms with Gasteiger partial charge in [-0.3, -0.25) is 4.90 Å². The molecule has 2 rings (SSSR count). The van der Waals surface area contributed by atoms with Gasteiger partial charge in [0.05, 0.1) is 0 Å². The van der Waals surface area contributed by atoms with Gasteiger partial charge in [-0.2, -0.15) is 0 Å². The Kier molecular flexibility index (Phi) is 4.82. The summed E-state index contributed by atoms with van der Waals surface area (Å²) >= 11 is 0. The predicted octanol–water partition coefficient (Wildman–Crippen LogP) is 3.70.